The number of alkyl halides is 3. The molecule has 0 aliphatic carbocycles. The van der Waals surface area contributed by atoms with Gasteiger partial charge in [0.15, 0.2) is 11.7 Å². The van der Waals surface area contributed by atoms with Gasteiger partial charge >= 0.3 is 12.2 Å². The molecule has 0 saturated heterocycles. The number of ether oxygens (including phenoxy) is 1. The number of carbonyl (C=O) groups is 2. The molecule has 0 bridgehead atoms. The first-order chi connectivity index (χ1) is 13.2. The van der Waals surface area contributed by atoms with Crippen LogP contribution in [0.2, 0.25) is 0 Å². The van der Waals surface area contributed by atoms with Crippen LogP contribution in [0, 0.1) is 0 Å². The largest absolute Gasteiger partial charge is 0.484 e. The van der Waals surface area contributed by atoms with Crippen LogP contribution < -0.4 is 21.1 Å². The lowest BCUT2D eigenvalue weighted by Crippen LogP contribution is -2.19. The zero-order valence-corrected chi connectivity index (χ0v) is 14.9. The normalized spacial score (nSPS) is 11.2. The highest BCUT2D eigenvalue weighted by atomic mass is 32.1. The summed E-state index contributed by atoms with van der Waals surface area (Å²) in [6.07, 6.45) is -4.43. The molecule has 3 rings (SSSR count). The molecule has 1 heterocycles. The Balaban J connectivity index is 1.69. The van der Waals surface area contributed by atoms with Crippen LogP contribution in [0.3, 0.4) is 0 Å². The van der Waals surface area contributed by atoms with Crippen molar-refractivity contribution in [2.75, 3.05) is 17.2 Å². The summed E-state index contributed by atoms with van der Waals surface area (Å²) in [6.45, 7) is -1.39. The zero-order chi connectivity index (χ0) is 20.3. The fourth-order valence-electron chi connectivity index (χ4n) is 2.23. The standard InChI is InChI=1S/C17H13F3N4O3S/c18-17(19,20)8-27-11-5-6-12-13(7-11)28-16(23-12)24-14(25)9-1-3-10(4-2-9)22-15(21)26/h1-7H,8H2,(H3,21,22,26)(H,23,24,25). The van der Waals surface area contributed by atoms with Gasteiger partial charge < -0.3 is 15.8 Å². The quantitative estimate of drug-likeness (QED) is 0.591. The first kappa shape index (κ1) is 19.4. The van der Waals surface area contributed by atoms with Gasteiger partial charge in [0.2, 0.25) is 0 Å². The van der Waals surface area contributed by atoms with Crippen molar-refractivity contribution >= 4 is 44.3 Å². The van der Waals surface area contributed by atoms with E-state index in [1.54, 1.807) is 0 Å². The second kappa shape index (κ2) is 7.72. The number of amides is 3. The number of hydrogen-bond acceptors (Lipinski definition) is 5. The van der Waals surface area contributed by atoms with Crippen molar-refractivity contribution in [3.8, 4) is 5.75 Å². The molecular formula is C17H13F3N4O3S. The number of anilines is 2. The van der Waals surface area contributed by atoms with Gasteiger partial charge in [-0.2, -0.15) is 13.2 Å². The van der Waals surface area contributed by atoms with Crippen LogP contribution in [0.25, 0.3) is 10.2 Å². The van der Waals surface area contributed by atoms with Crippen LogP contribution >= 0.6 is 11.3 Å². The molecule has 3 aromatic rings. The maximum Gasteiger partial charge on any atom is 0.422 e. The summed E-state index contributed by atoms with van der Waals surface area (Å²) in [6, 6.07) is 9.63. The van der Waals surface area contributed by atoms with E-state index >= 15 is 0 Å². The van der Waals surface area contributed by atoms with Crippen LogP contribution in [0.15, 0.2) is 42.5 Å². The van der Waals surface area contributed by atoms with Gasteiger partial charge in [-0.15, -0.1) is 0 Å². The molecule has 0 fully saturated rings. The highest BCUT2D eigenvalue weighted by molar-refractivity contribution is 7.22. The fraction of sp³-hybridized carbons (Fsp3) is 0.118. The second-order valence-electron chi connectivity index (χ2n) is 5.57. The molecule has 3 amide bonds. The summed E-state index contributed by atoms with van der Waals surface area (Å²) in [5, 5.41) is 5.28. The SMILES string of the molecule is NC(=O)Nc1ccc(C(=O)Nc2nc3ccc(OCC(F)(F)F)cc3s2)cc1. The number of urea groups is 1. The van der Waals surface area contributed by atoms with Gasteiger partial charge in [-0.3, -0.25) is 10.1 Å². The molecule has 0 atom stereocenters. The van der Waals surface area contributed by atoms with Crippen LogP contribution in [0.5, 0.6) is 5.75 Å². The zero-order valence-electron chi connectivity index (χ0n) is 14.0. The summed E-state index contributed by atoms with van der Waals surface area (Å²) in [5.74, 6) is -0.373. The minimum Gasteiger partial charge on any atom is -0.484 e. The van der Waals surface area contributed by atoms with Crippen molar-refractivity contribution in [2.45, 2.75) is 6.18 Å². The highest BCUT2D eigenvalue weighted by Gasteiger charge is 2.28. The summed E-state index contributed by atoms with van der Waals surface area (Å²) in [5.41, 5.74) is 6.29. The fourth-order valence-corrected chi connectivity index (χ4v) is 3.12. The minimum absolute atomic E-state index is 0.0592. The average Bonchev–Trinajstić information content (AvgIpc) is 3.00. The Hall–Kier alpha value is -3.34. The van der Waals surface area contributed by atoms with Gasteiger partial charge in [0.05, 0.1) is 10.2 Å². The van der Waals surface area contributed by atoms with Crippen molar-refractivity contribution < 1.29 is 27.5 Å². The van der Waals surface area contributed by atoms with Gasteiger partial charge in [0.1, 0.15) is 5.75 Å². The van der Waals surface area contributed by atoms with E-state index in [0.717, 1.165) is 11.3 Å². The Morgan fingerprint density at radius 1 is 1.11 bits per heavy atom. The van der Waals surface area contributed by atoms with Crippen molar-refractivity contribution in [1.82, 2.24) is 4.98 Å². The molecule has 2 aromatic carbocycles. The highest BCUT2D eigenvalue weighted by Crippen LogP contribution is 2.30. The lowest BCUT2D eigenvalue weighted by molar-refractivity contribution is -0.153. The van der Waals surface area contributed by atoms with Crippen LogP contribution in [-0.4, -0.2) is 29.7 Å². The van der Waals surface area contributed by atoms with Gasteiger partial charge in [-0.25, -0.2) is 9.78 Å². The maximum atomic E-state index is 12.3. The van der Waals surface area contributed by atoms with Crippen molar-refractivity contribution in [2.24, 2.45) is 5.73 Å². The molecule has 28 heavy (non-hydrogen) atoms. The Labute approximate surface area is 160 Å². The number of benzene rings is 2. The number of nitrogens with two attached hydrogens (primary N) is 1. The summed E-state index contributed by atoms with van der Waals surface area (Å²) in [4.78, 5) is 27.3. The summed E-state index contributed by atoms with van der Waals surface area (Å²) in [7, 11) is 0. The molecule has 0 spiro atoms. The first-order valence-electron chi connectivity index (χ1n) is 7.78. The van der Waals surface area contributed by atoms with E-state index in [4.69, 9.17) is 10.5 Å². The number of thiazole rings is 1. The average molecular weight is 410 g/mol. The number of carbonyl (C=O) groups excluding carboxylic acids is 2. The third-order valence-corrected chi connectivity index (χ3v) is 4.33. The van der Waals surface area contributed by atoms with Crippen molar-refractivity contribution in [3.63, 3.8) is 0 Å². The van der Waals surface area contributed by atoms with E-state index in [0.29, 0.717) is 21.5 Å². The van der Waals surface area contributed by atoms with Gasteiger partial charge in [-0.1, -0.05) is 11.3 Å². The number of aromatic nitrogens is 1. The van der Waals surface area contributed by atoms with Crippen molar-refractivity contribution in [1.29, 1.82) is 0 Å². The van der Waals surface area contributed by atoms with E-state index in [2.05, 4.69) is 15.6 Å². The van der Waals surface area contributed by atoms with Gasteiger partial charge in [0, 0.05) is 11.3 Å². The topological polar surface area (TPSA) is 106 Å². The number of nitrogens with one attached hydrogen (secondary N) is 2. The van der Waals surface area contributed by atoms with E-state index < -0.39 is 24.7 Å². The van der Waals surface area contributed by atoms with E-state index in [-0.39, 0.29) is 10.9 Å². The molecule has 0 unspecified atom stereocenters. The van der Waals surface area contributed by atoms with Crippen LogP contribution in [0.4, 0.5) is 28.8 Å². The van der Waals surface area contributed by atoms with Gasteiger partial charge in [-0.05, 0) is 42.5 Å². The third kappa shape index (κ3) is 5.10. The summed E-state index contributed by atoms with van der Waals surface area (Å²) < 4.78 is 42.0. The molecule has 4 N–H and O–H groups in total. The lowest BCUT2D eigenvalue weighted by atomic mass is 10.2. The number of hydrogen-bond donors (Lipinski definition) is 3. The molecule has 0 radical (unpaired) electrons. The molecule has 11 heteroatoms. The molecule has 0 aliphatic heterocycles. The number of nitrogens with zero attached hydrogens (tertiary/aromatic N) is 1. The first-order valence-corrected chi connectivity index (χ1v) is 8.59. The second-order valence-corrected chi connectivity index (χ2v) is 6.60. The van der Waals surface area contributed by atoms with Crippen molar-refractivity contribution in [3.05, 3.63) is 48.0 Å². The predicted octanol–water partition coefficient (Wildman–Crippen LogP) is 3.98. The van der Waals surface area contributed by atoms with Gasteiger partial charge in [0.25, 0.3) is 5.91 Å². The monoisotopic (exact) mass is 410 g/mol. The van der Waals surface area contributed by atoms with E-state index in [1.165, 1.54) is 42.5 Å². The summed E-state index contributed by atoms with van der Waals surface area (Å²) >= 11 is 1.10. The molecule has 7 nitrogen and oxygen atoms in total. The Bertz CT molecular complexity index is 1020. The molecule has 1 aromatic heterocycles. The molecule has 146 valence electrons. The lowest BCUT2D eigenvalue weighted by Gasteiger charge is -2.08. The molecule has 0 saturated carbocycles. The predicted molar refractivity (Wildman–Crippen MR) is 98.8 cm³/mol. The van der Waals surface area contributed by atoms with E-state index in [1.807, 2.05) is 0 Å². The Morgan fingerprint density at radius 2 is 1.82 bits per heavy atom. The van der Waals surface area contributed by atoms with Crippen LogP contribution in [0.1, 0.15) is 10.4 Å². The van der Waals surface area contributed by atoms with Crippen LogP contribution in [-0.2, 0) is 0 Å². The number of halogens is 3. The maximum absolute atomic E-state index is 12.3. The van der Waals surface area contributed by atoms with E-state index in [9.17, 15) is 22.8 Å². The molecular weight excluding hydrogens is 397 g/mol. The number of fused-ring (bicyclic) bond motifs is 1. The smallest absolute Gasteiger partial charge is 0.422 e. The number of primary amides is 1. The molecule has 0 aliphatic rings. The number of rotatable bonds is 5. The third-order valence-electron chi connectivity index (χ3n) is 3.40. The Kier molecular flexibility index (Phi) is 5.36. The Morgan fingerprint density at radius 3 is 2.46 bits per heavy atom. The minimum atomic E-state index is -4.43.